The third-order valence-corrected chi connectivity index (χ3v) is 5.97. The van der Waals surface area contributed by atoms with Crippen molar-refractivity contribution in [1.82, 2.24) is 10.2 Å². The molecule has 5 nitrogen and oxygen atoms in total. The zero-order valence-corrected chi connectivity index (χ0v) is 16.8. The molecule has 1 saturated heterocycles. The van der Waals surface area contributed by atoms with Crippen LogP contribution in [0.2, 0.25) is 0 Å². The number of hydrogen-bond donors (Lipinski definition) is 1. The minimum absolute atomic E-state index is 0.156. The highest BCUT2D eigenvalue weighted by Crippen LogP contribution is 2.34. The Balaban J connectivity index is 1.91. The van der Waals surface area contributed by atoms with E-state index in [1.54, 1.807) is 18.2 Å². The van der Waals surface area contributed by atoms with E-state index in [0.717, 1.165) is 45.1 Å². The highest BCUT2D eigenvalue weighted by molar-refractivity contribution is 8.00. The number of guanidine groups is 1. The third kappa shape index (κ3) is 6.06. The molecule has 0 aromatic heterocycles. The van der Waals surface area contributed by atoms with E-state index in [1.807, 2.05) is 23.7 Å². The Morgan fingerprint density at radius 2 is 2.12 bits per heavy atom. The number of para-hydroxylation sites is 1. The largest absolute Gasteiger partial charge is 0.489 e. The lowest BCUT2D eigenvalue weighted by Crippen LogP contribution is -2.43. The zero-order chi connectivity index (χ0) is 18.8. The van der Waals surface area contributed by atoms with Crippen LogP contribution < -0.4 is 10.1 Å². The van der Waals surface area contributed by atoms with E-state index in [2.05, 4.69) is 18.5 Å². The van der Waals surface area contributed by atoms with E-state index in [9.17, 15) is 4.39 Å². The maximum absolute atomic E-state index is 13.6. The number of nitrogens with one attached hydrogen (secondary N) is 1. The summed E-state index contributed by atoms with van der Waals surface area (Å²) in [6.07, 6.45) is 4.20. The van der Waals surface area contributed by atoms with Crippen molar-refractivity contribution in [2.24, 2.45) is 4.99 Å². The fourth-order valence-corrected chi connectivity index (χ4v) is 3.59. The van der Waals surface area contributed by atoms with Crippen molar-refractivity contribution in [3.63, 3.8) is 0 Å². The molecule has 0 atom stereocenters. The quantitative estimate of drug-likeness (QED) is 0.552. The predicted octanol–water partition coefficient (Wildman–Crippen LogP) is 3.01. The van der Waals surface area contributed by atoms with Gasteiger partial charge in [-0.25, -0.2) is 4.39 Å². The van der Waals surface area contributed by atoms with Crippen molar-refractivity contribution >= 4 is 17.7 Å². The number of ether oxygens (including phenoxy) is 2. The second kappa shape index (κ2) is 10.6. The molecule has 1 heterocycles. The van der Waals surface area contributed by atoms with Gasteiger partial charge in [0.2, 0.25) is 0 Å². The molecule has 2 rings (SSSR count). The van der Waals surface area contributed by atoms with Crippen LogP contribution in [0.15, 0.2) is 29.3 Å². The molecule has 0 saturated carbocycles. The van der Waals surface area contributed by atoms with E-state index in [4.69, 9.17) is 14.5 Å². The zero-order valence-electron chi connectivity index (χ0n) is 16.0. The van der Waals surface area contributed by atoms with Crippen molar-refractivity contribution in [3.05, 3.63) is 30.1 Å². The Kier molecular flexibility index (Phi) is 8.51. The molecular weight excluding hydrogens is 353 g/mol. The van der Waals surface area contributed by atoms with Crippen LogP contribution in [0, 0.1) is 5.82 Å². The first kappa shape index (κ1) is 20.8. The molecule has 0 aliphatic carbocycles. The Morgan fingerprint density at radius 3 is 2.77 bits per heavy atom. The van der Waals surface area contributed by atoms with E-state index in [1.165, 1.54) is 6.07 Å². The number of halogens is 1. The number of aliphatic imine (C=N–C) groups is 1. The lowest BCUT2D eigenvalue weighted by Gasteiger charge is -2.34. The first-order chi connectivity index (χ1) is 12.6. The van der Waals surface area contributed by atoms with Crippen LogP contribution >= 0.6 is 11.8 Å². The van der Waals surface area contributed by atoms with Gasteiger partial charge in [0.05, 0.1) is 13.1 Å². The molecule has 26 heavy (non-hydrogen) atoms. The highest BCUT2D eigenvalue weighted by Gasteiger charge is 2.31. The Bertz CT molecular complexity index is 580. The fraction of sp³-hybridized carbons (Fsp3) is 0.632. The Hall–Kier alpha value is -1.47. The molecule has 1 fully saturated rings. The molecule has 0 bridgehead atoms. The van der Waals surface area contributed by atoms with Gasteiger partial charge in [0.25, 0.3) is 0 Å². The molecule has 0 spiro atoms. The lowest BCUT2D eigenvalue weighted by atomic mass is 9.99. The van der Waals surface area contributed by atoms with Gasteiger partial charge in [-0.05, 0) is 38.2 Å². The van der Waals surface area contributed by atoms with Gasteiger partial charge in [0.1, 0.15) is 6.61 Å². The minimum atomic E-state index is -0.336. The molecule has 0 unspecified atom stereocenters. The average molecular weight is 384 g/mol. The summed E-state index contributed by atoms with van der Waals surface area (Å²) in [6.45, 7) is 6.24. The normalized spacial score (nSPS) is 17.0. The average Bonchev–Trinajstić information content (AvgIpc) is 2.67. The molecular formula is C19H30FN3O2S. The Labute approximate surface area is 160 Å². The second-order valence-corrected chi connectivity index (χ2v) is 7.64. The number of likely N-dealkylation sites (N-methyl/N-ethyl adjacent to an activating group) is 1. The molecule has 1 aliphatic rings. The van der Waals surface area contributed by atoms with Gasteiger partial charge in [-0.2, -0.15) is 11.8 Å². The number of thioether (sulfide) groups is 1. The molecule has 1 N–H and O–H groups in total. The van der Waals surface area contributed by atoms with Crippen LogP contribution in [-0.2, 0) is 4.74 Å². The molecule has 1 aromatic rings. The molecule has 0 radical (unpaired) electrons. The monoisotopic (exact) mass is 383 g/mol. The topological polar surface area (TPSA) is 46.1 Å². The summed E-state index contributed by atoms with van der Waals surface area (Å²) in [7, 11) is 1.97. The first-order valence-electron chi connectivity index (χ1n) is 9.10. The van der Waals surface area contributed by atoms with Crippen LogP contribution in [0.25, 0.3) is 0 Å². The van der Waals surface area contributed by atoms with Gasteiger partial charge in [0.15, 0.2) is 17.5 Å². The summed E-state index contributed by atoms with van der Waals surface area (Å²) in [5.41, 5.74) is 0. The van der Waals surface area contributed by atoms with Gasteiger partial charge < -0.3 is 19.7 Å². The van der Waals surface area contributed by atoms with Crippen molar-refractivity contribution in [2.45, 2.75) is 24.5 Å². The van der Waals surface area contributed by atoms with Gasteiger partial charge in [-0.3, -0.25) is 4.99 Å². The fourth-order valence-electron chi connectivity index (χ4n) is 2.82. The van der Waals surface area contributed by atoms with Crippen LogP contribution in [0.5, 0.6) is 5.75 Å². The van der Waals surface area contributed by atoms with E-state index < -0.39 is 0 Å². The van der Waals surface area contributed by atoms with Crippen molar-refractivity contribution in [1.29, 1.82) is 0 Å². The molecule has 1 aliphatic heterocycles. The smallest absolute Gasteiger partial charge is 0.193 e. The molecule has 1 aromatic carbocycles. The van der Waals surface area contributed by atoms with Crippen LogP contribution in [0.4, 0.5) is 4.39 Å². The number of benzene rings is 1. The molecule has 0 amide bonds. The number of rotatable bonds is 8. The van der Waals surface area contributed by atoms with E-state index in [-0.39, 0.29) is 16.3 Å². The van der Waals surface area contributed by atoms with Crippen LogP contribution in [0.3, 0.4) is 0 Å². The summed E-state index contributed by atoms with van der Waals surface area (Å²) < 4.78 is 24.8. The first-order valence-corrected chi connectivity index (χ1v) is 10.3. The van der Waals surface area contributed by atoms with Gasteiger partial charge >= 0.3 is 0 Å². The molecule has 146 valence electrons. The predicted molar refractivity (Wildman–Crippen MR) is 107 cm³/mol. The summed E-state index contributed by atoms with van der Waals surface area (Å²) >= 11 is 1.88. The van der Waals surface area contributed by atoms with Crippen molar-refractivity contribution in [2.75, 3.05) is 52.8 Å². The molecule has 7 heteroatoms. The van der Waals surface area contributed by atoms with Gasteiger partial charge in [0, 0.05) is 31.6 Å². The summed E-state index contributed by atoms with van der Waals surface area (Å²) in [6, 6.07) is 6.47. The van der Waals surface area contributed by atoms with Crippen LogP contribution in [-0.4, -0.2) is 68.4 Å². The van der Waals surface area contributed by atoms with Crippen molar-refractivity contribution in [3.8, 4) is 5.75 Å². The summed E-state index contributed by atoms with van der Waals surface area (Å²) in [4.78, 5) is 6.87. The maximum Gasteiger partial charge on any atom is 0.193 e. The maximum atomic E-state index is 13.6. The summed E-state index contributed by atoms with van der Waals surface area (Å²) in [5.74, 6) is 0.799. The van der Waals surface area contributed by atoms with Gasteiger partial charge in [-0.1, -0.05) is 12.1 Å². The number of hydrogen-bond acceptors (Lipinski definition) is 4. The van der Waals surface area contributed by atoms with Crippen LogP contribution in [0.1, 0.15) is 19.8 Å². The van der Waals surface area contributed by atoms with Gasteiger partial charge in [-0.15, -0.1) is 0 Å². The summed E-state index contributed by atoms with van der Waals surface area (Å²) in [5, 5.41) is 3.33. The number of nitrogens with zero attached hydrogens (tertiary/aromatic N) is 2. The van der Waals surface area contributed by atoms with Crippen molar-refractivity contribution < 1.29 is 13.9 Å². The minimum Gasteiger partial charge on any atom is -0.489 e. The van der Waals surface area contributed by atoms with E-state index >= 15 is 0 Å². The second-order valence-electron chi connectivity index (χ2n) is 6.37. The SMILES string of the molecule is CCNC(=NCC1(SC)CCOCC1)N(C)CCOc1ccccc1F. The standard InChI is InChI=1S/C19H30FN3O2S/c1-4-21-18(22-15-19(26-3)9-12-24-13-10-19)23(2)11-14-25-17-8-6-5-7-16(17)20/h5-8H,4,9-15H2,1-3H3,(H,21,22). The third-order valence-electron chi connectivity index (χ3n) is 4.57. The highest BCUT2D eigenvalue weighted by atomic mass is 32.2. The lowest BCUT2D eigenvalue weighted by molar-refractivity contribution is 0.0793. The Morgan fingerprint density at radius 1 is 1.38 bits per heavy atom. The van der Waals surface area contributed by atoms with E-state index in [0.29, 0.717) is 13.2 Å².